The number of ether oxygens (including phenoxy) is 1. The molecule has 10 heteroatoms. The molecule has 1 aliphatic rings. The van der Waals surface area contributed by atoms with E-state index in [0.717, 1.165) is 4.90 Å². The minimum absolute atomic E-state index is 0.147. The summed E-state index contributed by atoms with van der Waals surface area (Å²) in [5.74, 6) is -0.899. The Morgan fingerprint density at radius 1 is 1.12 bits per heavy atom. The molecular formula is C24H22N2O7S. The van der Waals surface area contributed by atoms with E-state index in [0.29, 0.717) is 23.7 Å². The van der Waals surface area contributed by atoms with Crippen LogP contribution in [0, 0.1) is 6.92 Å². The van der Waals surface area contributed by atoms with Gasteiger partial charge in [0.05, 0.1) is 17.1 Å². The molecule has 1 aliphatic heterocycles. The van der Waals surface area contributed by atoms with Crippen LogP contribution >= 0.6 is 0 Å². The number of benzene rings is 2. The highest BCUT2D eigenvalue weighted by atomic mass is 32.2. The number of sulfonamides is 1. The van der Waals surface area contributed by atoms with Gasteiger partial charge in [-0.05, 0) is 62.4 Å². The second-order valence-electron chi connectivity index (χ2n) is 7.62. The summed E-state index contributed by atoms with van der Waals surface area (Å²) in [7, 11) is -3.95. The van der Waals surface area contributed by atoms with Crippen molar-refractivity contribution in [2.24, 2.45) is 5.14 Å². The molecule has 34 heavy (non-hydrogen) atoms. The Hall–Kier alpha value is -3.89. The van der Waals surface area contributed by atoms with Crippen molar-refractivity contribution in [1.82, 2.24) is 0 Å². The first-order valence-corrected chi connectivity index (χ1v) is 11.9. The second-order valence-corrected chi connectivity index (χ2v) is 9.18. The van der Waals surface area contributed by atoms with Gasteiger partial charge in [0.25, 0.3) is 11.7 Å². The number of hydrogen-bond donors (Lipinski definition) is 2. The normalized spacial score (nSPS) is 17.9. The largest absolute Gasteiger partial charge is 0.507 e. The van der Waals surface area contributed by atoms with E-state index in [1.807, 2.05) is 6.92 Å². The van der Waals surface area contributed by atoms with Gasteiger partial charge in [-0.1, -0.05) is 12.1 Å². The number of furan rings is 1. The monoisotopic (exact) mass is 482 g/mol. The second kappa shape index (κ2) is 8.81. The third kappa shape index (κ3) is 4.20. The van der Waals surface area contributed by atoms with Crippen LogP contribution in [0.15, 0.2) is 75.5 Å². The number of Topliss-reactive ketones (excluding diaryl/α,β-unsaturated/α-hetero) is 1. The molecule has 9 nitrogen and oxygen atoms in total. The van der Waals surface area contributed by atoms with Gasteiger partial charge in [0.2, 0.25) is 10.0 Å². The first-order valence-electron chi connectivity index (χ1n) is 10.3. The number of hydrogen-bond acceptors (Lipinski definition) is 7. The Morgan fingerprint density at radius 2 is 1.82 bits per heavy atom. The molecule has 4 rings (SSSR count). The number of ketones is 1. The number of carbonyl (C=O) groups is 2. The molecule has 1 saturated heterocycles. The zero-order chi connectivity index (χ0) is 24.6. The van der Waals surface area contributed by atoms with Gasteiger partial charge >= 0.3 is 0 Å². The third-order valence-corrected chi connectivity index (χ3v) is 6.27. The number of amides is 1. The maximum Gasteiger partial charge on any atom is 0.300 e. The van der Waals surface area contributed by atoms with Crippen LogP contribution < -0.4 is 14.8 Å². The number of primary sulfonamides is 1. The van der Waals surface area contributed by atoms with Gasteiger partial charge < -0.3 is 14.3 Å². The quantitative estimate of drug-likeness (QED) is 0.312. The van der Waals surface area contributed by atoms with Crippen LogP contribution in [0.5, 0.6) is 5.75 Å². The first kappa shape index (κ1) is 23.3. The lowest BCUT2D eigenvalue weighted by atomic mass is 9.99. The van der Waals surface area contributed by atoms with Crippen LogP contribution in [0.1, 0.15) is 30.0 Å². The van der Waals surface area contributed by atoms with Gasteiger partial charge in [-0.25, -0.2) is 13.6 Å². The zero-order valence-electron chi connectivity index (χ0n) is 18.4. The number of carbonyl (C=O) groups excluding carboxylic acids is 2. The van der Waals surface area contributed by atoms with Gasteiger partial charge in [-0.3, -0.25) is 14.5 Å². The van der Waals surface area contributed by atoms with Crippen molar-refractivity contribution < 1.29 is 32.3 Å². The van der Waals surface area contributed by atoms with Crippen LogP contribution in [0.25, 0.3) is 5.76 Å². The molecule has 2 heterocycles. The van der Waals surface area contributed by atoms with E-state index in [-0.39, 0.29) is 27.7 Å². The molecule has 176 valence electrons. The molecule has 1 fully saturated rings. The van der Waals surface area contributed by atoms with Crippen LogP contribution in [0.3, 0.4) is 0 Å². The summed E-state index contributed by atoms with van der Waals surface area (Å²) in [4.78, 5) is 27.3. The first-order chi connectivity index (χ1) is 16.1. The van der Waals surface area contributed by atoms with E-state index in [2.05, 4.69) is 0 Å². The Kier molecular flexibility index (Phi) is 6.03. The molecular weight excluding hydrogens is 460 g/mol. The number of aryl methyl sites for hydroxylation is 1. The van der Waals surface area contributed by atoms with E-state index in [4.69, 9.17) is 14.3 Å². The number of anilines is 1. The molecule has 0 aliphatic carbocycles. The van der Waals surface area contributed by atoms with Crippen LogP contribution in [-0.2, 0) is 19.6 Å². The standard InChI is InChI=1S/C24H22N2O7S/c1-3-32-17-6-4-5-15(13-17)22(27)20-21(19-12-7-14(2)33-19)26(24(29)23(20)28)16-8-10-18(11-9-16)34(25,30)31/h4-13,21,27H,3H2,1-2H3,(H2,25,30,31)/b22-20-. The summed E-state index contributed by atoms with van der Waals surface area (Å²) in [6, 6.07) is 13.9. The summed E-state index contributed by atoms with van der Waals surface area (Å²) in [5.41, 5.74) is 0.362. The van der Waals surface area contributed by atoms with Crippen LogP contribution in [0.4, 0.5) is 5.69 Å². The molecule has 0 radical (unpaired) electrons. The smallest absolute Gasteiger partial charge is 0.300 e. The number of aliphatic hydroxyl groups is 1. The van der Waals surface area contributed by atoms with Crippen LogP contribution in [-0.4, -0.2) is 31.8 Å². The van der Waals surface area contributed by atoms with E-state index >= 15 is 0 Å². The van der Waals surface area contributed by atoms with Crippen LogP contribution in [0.2, 0.25) is 0 Å². The molecule has 0 saturated carbocycles. The highest BCUT2D eigenvalue weighted by molar-refractivity contribution is 7.89. The molecule has 1 amide bonds. The summed E-state index contributed by atoms with van der Waals surface area (Å²) < 4.78 is 34.5. The molecule has 0 bridgehead atoms. The summed E-state index contributed by atoms with van der Waals surface area (Å²) >= 11 is 0. The maximum absolute atomic E-state index is 13.1. The number of nitrogens with zero attached hydrogens (tertiary/aromatic N) is 1. The van der Waals surface area contributed by atoms with E-state index < -0.39 is 27.8 Å². The van der Waals surface area contributed by atoms with E-state index in [1.54, 1.807) is 43.3 Å². The predicted molar refractivity (Wildman–Crippen MR) is 124 cm³/mol. The topological polar surface area (TPSA) is 140 Å². The summed E-state index contributed by atoms with van der Waals surface area (Å²) in [6.07, 6.45) is 0. The highest BCUT2D eigenvalue weighted by Gasteiger charge is 2.48. The van der Waals surface area contributed by atoms with Gasteiger partial charge in [0.15, 0.2) is 0 Å². The molecule has 1 unspecified atom stereocenters. The highest BCUT2D eigenvalue weighted by Crippen LogP contribution is 2.43. The average molecular weight is 483 g/mol. The number of aliphatic hydroxyl groups excluding tert-OH is 1. The fraction of sp³-hybridized carbons (Fsp3) is 0.167. The van der Waals surface area contributed by atoms with Crippen molar-refractivity contribution in [3.8, 4) is 5.75 Å². The lowest BCUT2D eigenvalue weighted by molar-refractivity contribution is -0.132. The van der Waals surface area contributed by atoms with Gasteiger partial charge in [-0.15, -0.1) is 0 Å². The zero-order valence-corrected chi connectivity index (χ0v) is 19.2. The lowest BCUT2D eigenvalue weighted by Gasteiger charge is -2.23. The Morgan fingerprint density at radius 3 is 2.41 bits per heavy atom. The number of rotatable bonds is 6. The van der Waals surface area contributed by atoms with Crippen molar-refractivity contribution in [2.75, 3.05) is 11.5 Å². The molecule has 1 aromatic heterocycles. The summed E-state index contributed by atoms with van der Waals surface area (Å²) in [6.45, 7) is 3.94. The van der Waals surface area contributed by atoms with E-state index in [9.17, 15) is 23.1 Å². The average Bonchev–Trinajstić information content (AvgIpc) is 3.34. The Bertz CT molecular complexity index is 1410. The van der Waals surface area contributed by atoms with Crippen molar-refractivity contribution in [3.05, 3.63) is 83.3 Å². The minimum Gasteiger partial charge on any atom is -0.507 e. The molecule has 0 spiro atoms. The predicted octanol–water partition coefficient (Wildman–Crippen LogP) is 3.26. The third-order valence-electron chi connectivity index (χ3n) is 5.34. The van der Waals surface area contributed by atoms with E-state index in [1.165, 1.54) is 24.3 Å². The molecule has 1 atom stereocenters. The fourth-order valence-electron chi connectivity index (χ4n) is 3.82. The van der Waals surface area contributed by atoms with Crippen molar-refractivity contribution in [2.45, 2.75) is 24.8 Å². The van der Waals surface area contributed by atoms with Crippen molar-refractivity contribution in [1.29, 1.82) is 0 Å². The minimum atomic E-state index is -3.95. The lowest BCUT2D eigenvalue weighted by Crippen LogP contribution is -2.29. The van der Waals surface area contributed by atoms with Gasteiger partial charge in [0, 0.05) is 11.3 Å². The molecule has 2 aromatic carbocycles. The molecule has 3 aromatic rings. The fourth-order valence-corrected chi connectivity index (χ4v) is 4.34. The molecule has 3 N–H and O–H groups in total. The SMILES string of the molecule is CCOc1cccc(/C(O)=C2/C(=O)C(=O)N(c3ccc(S(N)(=O)=O)cc3)C2c2ccc(C)o2)c1. The van der Waals surface area contributed by atoms with Gasteiger partial charge in [-0.2, -0.15) is 0 Å². The summed E-state index contributed by atoms with van der Waals surface area (Å²) in [5, 5.41) is 16.3. The number of nitrogens with two attached hydrogens (primary N) is 1. The maximum atomic E-state index is 13.1. The van der Waals surface area contributed by atoms with Gasteiger partial charge in [0.1, 0.15) is 29.1 Å². The Balaban J connectivity index is 1.89. The van der Waals surface area contributed by atoms with Crippen molar-refractivity contribution in [3.63, 3.8) is 0 Å². The Labute approximate surface area is 196 Å². The van der Waals surface area contributed by atoms with Crippen molar-refractivity contribution >= 4 is 33.2 Å².